The molecule has 1 saturated carbocycles. The minimum absolute atomic E-state index is 0.334. The molecule has 1 aliphatic carbocycles. The summed E-state index contributed by atoms with van der Waals surface area (Å²) in [6.07, 6.45) is 4.10. The zero-order valence-corrected chi connectivity index (χ0v) is 6.21. The third-order valence-corrected chi connectivity index (χ3v) is 3.07. The van der Waals surface area contributed by atoms with Crippen LogP contribution >= 0.6 is 0 Å². The second-order valence-electron chi connectivity index (χ2n) is 3.55. The van der Waals surface area contributed by atoms with Gasteiger partial charge < -0.3 is 10.4 Å². The van der Waals surface area contributed by atoms with Crippen molar-refractivity contribution in [2.75, 3.05) is 13.2 Å². The Morgan fingerprint density at radius 1 is 1.40 bits per heavy atom. The quantitative estimate of drug-likeness (QED) is 0.553. The van der Waals surface area contributed by atoms with Crippen LogP contribution in [-0.4, -0.2) is 24.3 Å². The fourth-order valence-electron chi connectivity index (χ4n) is 2.50. The Labute approximate surface area is 61.6 Å². The molecule has 2 nitrogen and oxygen atoms in total. The van der Waals surface area contributed by atoms with Crippen LogP contribution in [0.1, 0.15) is 19.3 Å². The molecule has 0 amide bonds. The monoisotopic (exact) mass is 141 g/mol. The van der Waals surface area contributed by atoms with Gasteiger partial charge in [0.25, 0.3) is 0 Å². The molecule has 3 atom stereocenters. The molecular formula is C8H15NO. The van der Waals surface area contributed by atoms with E-state index in [4.69, 9.17) is 5.11 Å². The molecule has 1 aliphatic heterocycles. The van der Waals surface area contributed by atoms with Crippen molar-refractivity contribution in [1.29, 1.82) is 0 Å². The van der Waals surface area contributed by atoms with E-state index in [1.807, 2.05) is 0 Å². The third kappa shape index (κ3) is 0.867. The molecule has 58 valence electrons. The largest absolute Gasteiger partial charge is 0.395 e. The van der Waals surface area contributed by atoms with E-state index in [1.165, 1.54) is 19.3 Å². The molecular weight excluding hydrogens is 126 g/mol. The highest BCUT2D eigenvalue weighted by Gasteiger charge is 2.38. The summed E-state index contributed by atoms with van der Waals surface area (Å²) in [6.45, 7) is 1.48. The minimum Gasteiger partial charge on any atom is -0.395 e. The summed E-state index contributed by atoms with van der Waals surface area (Å²) in [4.78, 5) is 0. The van der Waals surface area contributed by atoms with Gasteiger partial charge in [0.2, 0.25) is 0 Å². The van der Waals surface area contributed by atoms with Crippen molar-refractivity contribution in [1.82, 2.24) is 5.32 Å². The summed E-state index contributed by atoms with van der Waals surface area (Å²) in [5.41, 5.74) is 0. The van der Waals surface area contributed by atoms with E-state index >= 15 is 0 Å². The summed E-state index contributed by atoms with van der Waals surface area (Å²) in [5, 5.41) is 12.3. The van der Waals surface area contributed by atoms with Crippen LogP contribution in [0.5, 0.6) is 0 Å². The van der Waals surface area contributed by atoms with Crippen LogP contribution in [-0.2, 0) is 0 Å². The minimum atomic E-state index is 0.334. The standard InChI is InChI=1S/C8H15NO/c10-5-8-7-3-1-2-6(7)4-9-8/h6-10H,1-5H2/t6?,7-,8?/m0/s1. The molecule has 0 bridgehead atoms. The molecule has 1 saturated heterocycles. The first-order valence-electron chi connectivity index (χ1n) is 4.26. The summed E-state index contributed by atoms with van der Waals surface area (Å²) in [5.74, 6) is 1.68. The number of fused-ring (bicyclic) bond motifs is 1. The average molecular weight is 141 g/mol. The van der Waals surface area contributed by atoms with Crippen LogP contribution in [0.15, 0.2) is 0 Å². The van der Waals surface area contributed by atoms with Gasteiger partial charge in [-0.25, -0.2) is 0 Å². The molecule has 2 heteroatoms. The number of nitrogens with one attached hydrogen (secondary N) is 1. The first-order valence-corrected chi connectivity index (χ1v) is 4.26. The lowest BCUT2D eigenvalue weighted by Gasteiger charge is -2.14. The maximum Gasteiger partial charge on any atom is 0.0587 e. The topological polar surface area (TPSA) is 32.3 Å². The van der Waals surface area contributed by atoms with Gasteiger partial charge in [-0.3, -0.25) is 0 Å². The predicted octanol–water partition coefficient (Wildman–Crippen LogP) is 0.367. The van der Waals surface area contributed by atoms with E-state index in [9.17, 15) is 0 Å². The maximum atomic E-state index is 8.95. The summed E-state index contributed by atoms with van der Waals surface area (Å²) in [7, 11) is 0. The molecule has 2 N–H and O–H groups in total. The van der Waals surface area contributed by atoms with E-state index in [0.29, 0.717) is 12.6 Å². The number of aliphatic hydroxyl groups excluding tert-OH is 1. The Kier molecular flexibility index (Phi) is 1.66. The van der Waals surface area contributed by atoms with Crippen LogP contribution in [0.25, 0.3) is 0 Å². The summed E-state index contributed by atoms with van der Waals surface area (Å²) < 4.78 is 0. The van der Waals surface area contributed by atoms with Crippen molar-refractivity contribution < 1.29 is 5.11 Å². The first kappa shape index (κ1) is 6.62. The first-order chi connectivity index (χ1) is 4.92. The van der Waals surface area contributed by atoms with Crippen LogP contribution in [0, 0.1) is 11.8 Å². The fraction of sp³-hybridized carbons (Fsp3) is 1.00. The van der Waals surface area contributed by atoms with Crippen LogP contribution in [0.3, 0.4) is 0 Å². The molecule has 2 aliphatic rings. The van der Waals surface area contributed by atoms with Crippen LogP contribution < -0.4 is 5.32 Å². The normalized spacial score (nSPS) is 45.9. The zero-order valence-electron chi connectivity index (χ0n) is 6.21. The van der Waals surface area contributed by atoms with Crippen molar-refractivity contribution in [3.8, 4) is 0 Å². The van der Waals surface area contributed by atoms with E-state index < -0.39 is 0 Å². The molecule has 0 radical (unpaired) electrons. The van der Waals surface area contributed by atoms with Gasteiger partial charge in [0.15, 0.2) is 0 Å². The number of hydrogen-bond donors (Lipinski definition) is 2. The van der Waals surface area contributed by atoms with Gasteiger partial charge in [0.05, 0.1) is 6.61 Å². The van der Waals surface area contributed by atoms with E-state index in [0.717, 1.165) is 18.4 Å². The highest BCUT2D eigenvalue weighted by molar-refractivity contribution is 4.93. The lowest BCUT2D eigenvalue weighted by atomic mass is 9.95. The van der Waals surface area contributed by atoms with E-state index in [-0.39, 0.29) is 0 Å². The van der Waals surface area contributed by atoms with Gasteiger partial charge >= 0.3 is 0 Å². The Hall–Kier alpha value is -0.0800. The Bertz CT molecular complexity index is 126. The molecule has 0 aromatic rings. The SMILES string of the molecule is OCC1NCC2CCC[C@@H]21. The van der Waals surface area contributed by atoms with Crippen molar-refractivity contribution in [2.45, 2.75) is 25.3 Å². The number of rotatable bonds is 1. The van der Waals surface area contributed by atoms with Gasteiger partial charge in [-0.05, 0) is 31.2 Å². The van der Waals surface area contributed by atoms with Gasteiger partial charge in [0, 0.05) is 6.04 Å². The lowest BCUT2D eigenvalue weighted by Crippen LogP contribution is -2.30. The molecule has 2 fully saturated rings. The zero-order chi connectivity index (χ0) is 6.97. The maximum absolute atomic E-state index is 8.95. The summed E-state index contributed by atoms with van der Waals surface area (Å²) in [6, 6.07) is 0.424. The molecule has 1 heterocycles. The van der Waals surface area contributed by atoms with Crippen LogP contribution in [0.2, 0.25) is 0 Å². The molecule has 0 spiro atoms. The highest BCUT2D eigenvalue weighted by Crippen LogP contribution is 2.37. The smallest absolute Gasteiger partial charge is 0.0587 e. The number of hydrogen-bond acceptors (Lipinski definition) is 2. The molecule has 2 unspecified atom stereocenters. The Morgan fingerprint density at radius 2 is 2.30 bits per heavy atom. The van der Waals surface area contributed by atoms with E-state index in [1.54, 1.807) is 0 Å². The average Bonchev–Trinajstić information content (AvgIpc) is 2.44. The Morgan fingerprint density at radius 3 is 3.10 bits per heavy atom. The third-order valence-electron chi connectivity index (χ3n) is 3.07. The van der Waals surface area contributed by atoms with Gasteiger partial charge in [0.1, 0.15) is 0 Å². The van der Waals surface area contributed by atoms with Gasteiger partial charge in [-0.1, -0.05) is 6.42 Å². The number of aliphatic hydroxyl groups is 1. The fourth-order valence-corrected chi connectivity index (χ4v) is 2.50. The predicted molar refractivity (Wildman–Crippen MR) is 39.7 cm³/mol. The Balaban J connectivity index is 2.01. The molecule has 0 aromatic carbocycles. The van der Waals surface area contributed by atoms with Gasteiger partial charge in [-0.2, -0.15) is 0 Å². The molecule has 10 heavy (non-hydrogen) atoms. The van der Waals surface area contributed by atoms with Crippen molar-refractivity contribution in [3.63, 3.8) is 0 Å². The van der Waals surface area contributed by atoms with Gasteiger partial charge in [-0.15, -0.1) is 0 Å². The second kappa shape index (κ2) is 2.51. The lowest BCUT2D eigenvalue weighted by molar-refractivity contribution is 0.222. The van der Waals surface area contributed by atoms with Crippen molar-refractivity contribution >= 4 is 0 Å². The summed E-state index contributed by atoms with van der Waals surface area (Å²) >= 11 is 0. The molecule has 0 aromatic heterocycles. The molecule has 2 rings (SSSR count). The van der Waals surface area contributed by atoms with Crippen molar-refractivity contribution in [2.24, 2.45) is 11.8 Å². The van der Waals surface area contributed by atoms with E-state index in [2.05, 4.69) is 5.32 Å². The highest BCUT2D eigenvalue weighted by atomic mass is 16.3. The van der Waals surface area contributed by atoms with Crippen LogP contribution in [0.4, 0.5) is 0 Å². The second-order valence-corrected chi connectivity index (χ2v) is 3.55. The van der Waals surface area contributed by atoms with Crippen molar-refractivity contribution in [3.05, 3.63) is 0 Å².